The molecule has 0 saturated heterocycles. The Morgan fingerprint density at radius 3 is 2.95 bits per heavy atom. The fourth-order valence-corrected chi connectivity index (χ4v) is 4.55. The SMILES string of the molecule is CCCCCCP1C(=O)N(C)c2ncccc2O[C@@H]1C. The van der Waals surface area contributed by atoms with Crippen molar-refractivity contribution in [1.29, 1.82) is 0 Å². The van der Waals surface area contributed by atoms with Crippen LogP contribution in [0.25, 0.3) is 0 Å². The number of aromatic nitrogens is 1. The molecule has 1 aromatic heterocycles. The Morgan fingerprint density at radius 2 is 2.20 bits per heavy atom. The highest BCUT2D eigenvalue weighted by Gasteiger charge is 2.34. The van der Waals surface area contributed by atoms with E-state index in [4.69, 9.17) is 4.74 Å². The van der Waals surface area contributed by atoms with Crippen LogP contribution in [-0.4, -0.2) is 29.7 Å². The van der Waals surface area contributed by atoms with Crippen LogP contribution in [0.5, 0.6) is 5.75 Å². The van der Waals surface area contributed by atoms with Crippen LogP contribution in [0.3, 0.4) is 0 Å². The number of pyridine rings is 1. The van der Waals surface area contributed by atoms with E-state index in [2.05, 4.69) is 11.9 Å². The van der Waals surface area contributed by atoms with Gasteiger partial charge in [0.15, 0.2) is 11.6 Å². The van der Waals surface area contributed by atoms with Gasteiger partial charge in [-0.25, -0.2) is 4.98 Å². The normalized spacial score (nSPS) is 22.1. The summed E-state index contributed by atoms with van der Waals surface area (Å²) in [7, 11) is 1.00. The Kier molecular flexibility index (Phi) is 5.36. The van der Waals surface area contributed by atoms with E-state index in [1.807, 2.05) is 19.1 Å². The topological polar surface area (TPSA) is 42.4 Å². The summed E-state index contributed by atoms with van der Waals surface area (Å²) in [6.45, 7) is 4.21. The molecule has 2 atom stereocenters. The maximum absolute atomic E-state index is 12.6. The summed E-state index contributed by atoms with van der Waals surface area (Å²) in [5.41, 5.74) is 0.182. The van der Waals surface area contributed by atoms with Gasteiger partial charge in [0.1, 0.15) is 5.85 Å². The number of anilines is 1. The number of fused-ring (bicyclic) bond motifs is 1. The molecule has 0 aromatic carbocycles. The first-order chi connectivity index (χ1) is 9.65. The predicted octanol–water partition coefficient (Wildman–Crippen LogP) is 4.44. The Labute approximate surface area is 122 Å². The first kappa shape index (κ1) is 15.2. The smallest absolute Gasteiger partial charge is 0.252 e. The third-order valence-corrected chi connectivity index (χ3v) is 6.16. The van der Waals surface area contributed by atoms with E-state index in [1.165, 1.54) is 19.3 Å². The number of unbranched alkanes of at least 4 members (excludes halogenated alkanes) is 3. The number of nitrogens with zero attached hydrogens (tertiary/aromatic N) is 2. The van der Waals surface area contributed by atoms with E-state index < -0.39 is 7.92 Å². The first-order valence-corrected chi connectivity index (χ1v) is 8.90. The van der Waals surface area contributed by atoms with Crippen molar-refractivity contribution in [2.45, 2.75) is 45.4 Å². The Hall–Kier alpha value is -1.15. The predicted molar refractivity (Wildman–Crippen MR) is 84.1 cm³/mol. The molecule has 2 heterocycles. The Bertz CT molecular complexity index is 467. The van der Waals surface area contributed by atoms with E-state index in [0.717, 1.165) is 18.3 Å². The lowest BCUT2D eigenvalue weighted by atomic mass is 10.2. The number of amides is 1. The fourth-order valence-electron chi connectivity index (χ4n) is 2.40. The van der Waals surface area contributed by atoms with Crippen LogP contribution in [0.15, 0.2) is 18.3 Å². The average Bonchev–Trinajstić information content (AvgIpc) is 2.54. The van der Waals surface area contributed by atoms with Gasteiger partial charge in [-0.1, -0.05) is 26.2 Å². The van der Waals surface area contributed by atoms with Crippen LogP contribution in [0, 0.1) is 0 Å². The molecule has 0 spiro atoms. The lowest BCUT2D eigenvalue weighted by Crippen LogP contribution is -2.25. The van der Waals surface area contributed by atoms with E-state index in [9.17, 15) is 4.79 Å². The number of hydrogen-bond acceptors (Lipinski definition) is 3. The number of carbonyl (C=O) groups excluding carboxylic acids is 1. The molecule has 1 aliphatic heterocycles. The zero-order valence-corrected chi connectivity index (χ0v) is 13.4. The highest BCUT2D eigenvalue weighted by molar-refractivity contribution is 7.75. The van der Waals surface area contributed by atoms with Gasteiger partial charge >= 0.3 is 0 Å². The minimum Gasteiger partial charge on any atom is -0.482 e. The quantitative estimate of drug-likeness (QED) is 0.595. The van der Waals surface area contributed by atoms with Gasteiger partial charge in [-0.15, -0.1) is 0 Å². The summed E-state index contributed by atoms with van der Waals surface area (Å²) in [6.07, 6.45) is 7.41. The lowest BCUT2D eigenvalue weighted by Gasteiger charge is -2.22. The standard InChI is InChI=1S/C15H23N2O2P/c1-4-5-6-7-11-20-12(2)19-13-9-8-10-16-14(13)17(3)15(20)18/h8-10,12H,4-7,11H2,1-3H3/t12-,20?/m0/s1. The van der Waals surface area contributed by atoms with Gasteiger partial charge in [0.25, 0.3) is 5.65 Å². The van der Waals surface area contributed by atoms with Gasteiger partial charge in [0.2, 0.25) is 0 Å². The van der Waals surface area contributed by atoms with Gasteiger partial charge in [0, 0.05) is 21.2 Å². The largest absolute Gasteiger partial charge is 0.482 e. The van der Waals surface area contributed by atoms with Crippen LogP contribution >= 0.6 is 7.92 Å². The summed E-state index contributed by atoms with van der Waals surface area (Å²) in [6, 6.07) is 3.73. The van der Waals surface area contributed by atoms with Crippen molar-refractivity contribution in [2.24, 2.45) is 0 Å². The van der Waals surface area contributed by atoms with Gasteiger partial charge in [-0.2, -0.15) is 0 Å². The summed E-state index contributed by atoms with van der Waals surface area (Å²) >= 11 is 0. The average molecular weight is 294 g/mol. The van der Waals surface area contributed by atoms with Crippen LogP contribution in [0.2, 0.25) is 0 Å². The molecule has 1 aliphatic rings. The second kappa shape index (κ2) is 7.03. The van der Waals surface area contributed by atoms with Gasteiger partial charge in [-0.3, -0.25) is 9.69 Å². The van der Waals surface area contributed by atoms with Crippen molar-refractivity contribution in [1.82, 2.24) is 4.98 Å². The molecular formula is C15H23N2O2P. The zero-order chi connectivity index (χ0) is 14.5. The van der Waals surface area contributed by atoms with E-state index in [0.29, 0.717) is 5.82 Å². The second-order valence-corrected chi connectivity index (χ2v) is 7.63. The van der Waals surface area contributed by atoms with Crippen molar-refractivity contribution < 1.29 is 9.53 Å². The maximum atomic E-state index is 12.6. The molecule has 5 heteroatoms. The van der Waals surface area contributed by atoms with Crippen LogP contribution in [0.1, 0.15) is 39.5 Å². The first-order valence-electron chi connectivity index (χ1n) is 7.31. The molecule has 20 heavy (non-hydrogen) atoms. The number of ether oxygens (including phenoxy) is 1. The van der Waals surface area contributed by atoms with Crippen molar-refractivity contribution in [2.75, 3.05) is 18.1 Å². The zero-order valence-electron chi connectivity index (χ0n) is 12.5. The minimum atomic E-state index is -0.798. The molecule has 0 radical (unpaired) electrons. The molecule has 2 rings (SSSR count). The van der Waals surface area contributed by atoms with Crippen molar-refractivity contribution in [3.63, 3.8) is 0 Å². The molecule has 1 unspecified atom stereocenters. The molecule has 0 fully saturated rings. The second-order valence-electron chi connectivity index (χ2n) is 5.14. The number of hydrogen-bond donors (Lipinski definition) is 0. The van der Waals surface area contributed by atoms with Crippen LogP contribution < -0.4 is 9.64 Å². The lowest BCUT2D eigenvalue weighted by molar-refractivity contribution is 0.264. The Balaban J connectivity index is 2.11. The highest BCUT2D eigenvalue weighted by Crippen LogP contribution is 2.49. The molecule has 1 aromatic rings. The minimum absolute atomic E-state index is 0.0352. The fraction of sp³-hybridized carbons (Fsp3) is 0.600. The van der Waals surface area contributed by atoms with Crippen molar-refractivity contribution in [3.8, 4) is 5.75 Å². The van der Waals surface area contributed by atoms with Crippen LogP contribution in [0.4, 0.5) is 10.6 Å². The summed E-state index contributed by atoms with van der Waals surface area (Å²) < 4.78 is 5.97. The third kappa shape index (κ3) is 3.29. The van der Waals surface area contributed by atoms with Gasteiger partial charge < -0.3 is 4.74 Å². The van der Waals surface area contributed by atoms with E-state index in [-0.39, 0.29) is 11.5 Å². The molecule has 1 amide bonds. The van der Waals surface area contributed by atoms with Gasteiger partial charge in [0.05, 0.1) is 0 Å². The molecule has 0 saturated carbocycles. The number of rotatable bonds is 5. The highest BCUT2D eigenvalue weighted by atomic mass is 31.1. The van der Waals surface area contributed by atoms with E-state index in [1.54, 1.807) is 18.1 Å². The molecule has 0 N–H and O–H groups in total. The van der Waals surface area contributed by atoms with Gasteiger partial charge in [-0.05, 0) is 31.6 Å². The van der Waals surface area contributed by atoms with Crippen LogP contribution in [-0.2, 0) is 0 Å². The Morgan fingerprint density at radius 1 is 1.40 bits per heavy atom. The number of carbonyl (C=O) groups is 1. The summed E-state index contributed by atoms with van der Waals surface area (Å²) in [5, 5.41) is 0. The maximum Gasteiger partial charge on any atom is 0.252 e. The molecule has 110 valence electrons. The summed E-state index contributed by atoms with van der Waals surface area (Å²) in [5.74, 6) is 1.32. The molecular weight excluding hydrogens is 271 g/mol. The van der Waals surface area contributed by atoms with E-state index >= 15 is 0 Å². The molecule has 0 bridgehead atoms. The third-order valence-electron chi connectivity index (χ3n) is 3.59. The van der Waals surface area contributed by atoms with Crippen molar-refractivity contribution in [3.05, 3.63) is 18.3 Å². The molecule has 0 aliphatic carbocycles. The monoisotopic (exact) mass is 294 g/mol. The van der Waals surface area contributed by atoms with Crippen molar-refractivity contribution >= 4 is 19.4 Å². The summed E-state index contributed by atoms with van der Waals surface area (Å²) in [4.78, 5) is 18.6. The molecule has 4 nitrogen and oxygen atoms in total.